The third-order valence-electron chi connectivity index (χ3n) is 1.63. The number of amides is 1. The van der Waals surface area contributed by atoms with Gasteiger partial charge in [0.2, 0.25) is 6.41 Å². The fourth-order valence-corrected chi connectivity index (χ4v) is 0.870. The molecule has 0 heterocycles. The van der Waals surface area contributed by atoms with Gasteiger partial charge >= 0.3 is 0 Å². The van der Waals surface area contributed by atoms with Crippen molar-refractivity contribution < 1.29 is 9.72 Å². The van der Waals surface area contributed by atoms with Crippen LogP contribution in [0.3, 0.4) is 0 Å². The lowest BCUT2D eigenvalue weighted by molar-refractivity contribution is -0.384. The second kappa shape index (κ2) is 3.66. The zero-order valence-electron chi connectivity index (χ0n) is 7.01. The van der Waals surface area contributed by atoms with Gasteiger partial charge in [-0.05, 0) is 12.1 Å². The van der Waals surface area contributed by atoms with E-state index in [1.807, 2.05) is 0 Å². The Bertz CT molecular complexity index is 321. The Morgan fingerprint density at radius 1 is 1.38 bits per heavy atom. The van der Waals surface area contributed by atoms with Gasteiger partial charge in [-0.15, -0.1) is 0 Å². The van der Waals surface area contributed by atoms with Gasteiger partial charge in [0, 0.05) is 24.9 Å². The van der Waals surface area contributed by atoms with Crippen molar-refractivity contribution in [2.24, 2.45) is 0 Å². The number of hydrogen-bond acceptors (Lipinski definition) is 3. The number of nitro groups is 1. The molecule has 1 rings (SSSR count). The molecule has 1 amide bonds. The maximum Gasteiger partial charge on any atom is 0.269 e. The predicted octanol–water partition coefficient (Wildman–Crippen LogP) is 1.19. The maximum absolute atomic E-state index is 10.3. The summed E-state index contributed by atoms with van der Waals surface area (Å²) in [6.45, 7) is 0. The molecule has 0 spiro atoms. The minimum atomic E-state index is -0.481. The van der Waals surface area contributed by atoms with Crippen LogP contribution in [-0.2, 0) is 4.79 Å². The van der Waals surface area contributed by atoms with E-state index in [1.54, 1.807) is 7.05 Å². The summed E-state index contributed by atoms with van der Waals surface area (Å²) >= 11 is 0. The van der Waals surface area contributed by atoms with Gasteiger partial charge in [0.05, 0.1) is 4.92 Å². The van der Waals surface area contributed by atoms with E-state index in [0.717, 1.165) is 0 Å². The molecule has 0 aromatic heterocycles. The number of carbonyl (C=O) groups is 1. The number of non-ortho nitro benzene ring substituents is 1. The Morgan fingerprint density at radius 2 is 1.92 bits per heavy atom. The minimum absolute atomic E-state index is 0.0167. The predicted molar refractivity (Wildman–Crippen MR) is 47.6 cm³/mol. The average molecular weight is 180 g/mol. The lowest BCUT2D eigenvalue weighted by Crippen LogP contribution is -2.13. The Hall–Kier alpha value is -1.91. The van der Waals surface area contributed by atoms with Crippen LogP contribution in [0.5, 0.6) is 0 Å². The molecule has 0 aliphatic heterocycles. The zero-order chi connectivity index (χ0) is 9.84. The molecular weight excluding hydrogens is 172 g/mol. The van der Waals surface area contributed by atoms with Crippen molar-refractivity contribution in [2.75, 3.05) is 11.9 Å². The molecule has 0 unspecified atom stereocenters. The summed E-state index contributed by atoms with van der Waals surface area (Å²) in [6, 6.07) is 5.75. The van der Waals surface area contributed by atoms with Gasteiger partial charge in [-0.3, -0.25) is 14.9 Å². The molecule has 13 heavy (non-hydrogen) atoms. The van der Waals surface area contributed by atoms with E-state index >= 15 is 0 Å². The molecule has 0 saturated carbocycles. The standard InChI is InChI=1S/C8H8N2O3/c1-9(6-11)7-2-4-8(5-3-7)10(12)13/h2-6H,1H3. The number of anilines is 1. The van der Waals surface area contributed by atoms with Gasteiger partial charge in [0.15, 0.2) is 0 Å². The lowest BCUT2D eigenvalue weighted by Gasteiger charge is -2.08. The normalized spacial score (nSPS) is 9.31. The Labute approximate surface area is 74.7 Å². The molecule has 0 bridgehead atoms. The Balaban J connectivity index is 2.93. The summed E-state index contributed by atoms with van der Waals surface area (Å²) < 4.78 is 0. The summed E-state index contributed by atoms with van der Waals surface area (Å²) in [5.41, 5.74) is 0.642. The number of carbonyl (C=O) groups excluding carboxylic acids is 1. The zero-order valence-corrected chi connectivity index (χ0v) is 7.01. The highest BCUT2D eigenvalue weighted by Gasteiger charge is 2.05. The first-order chi connectivity index (χ1) is 6.15. The molecular formula is C8H8N2O3. The van der Waals surface area contributed by atoms with Crippen LogP contribution in [0.4, 0.5) is 11.4 Å². The SMILES string of the molecule is CN(C=O)c1ccc([N+](=O)[O-])cc1. The van der Waals surface area contributed by atoms with Crippen molar-refractivity contribution in [1.29, 1.82) is 0 Å². The van der Waals surface area contributed by atoms with Crippen LogP contribution in [0.15, 0.2) is 24.3 Å². The highest BCUT2D eigenvalue weighted by Crippen LogP contribution is 2.16. The first kappa shape index (κ1) is 9.18. The maximum atomic E-state index is 10.3. The van der Waals surface area contributed by atoms with Crippen molar-refractivity contribution in [3.8, 4) is 0 Å². The third-order valence-corrected chi connectivity index (χ3v) is 1.63. The molecule has 0 saturated heterocycles. The lowest BCUT2D eigenvalue weighted by atomic mass is 10.3. The summed E-state index contributed by atoms with van der Waals surface area (Å²) in [7, 11) is 1.58. The highest BCUT2D eigenvalue weighted by atomic mass is 16.6. The van der Waals surface area contributed by atoms with E-state index in [0.29, 0.717) is 12.1 Å². The second-order valence-electron chi connectivity index (χ2n) is 2.49. The highest BCUT2D eigenvalue weighted by molar-refractivity contribution is 5.74. The molecule has 0 aliphatic carbocycles. The number of hydrogen-bond donors (Lipinski definition) is 0. The van der Waals surface area contributed by atoms with Crippen LogP contribution >= 0.6 is 0 Å². The van der Waals surface area contributed by atoms with Gasteiger partial charge in [0.1, 0.15) is 0 Å². The molecule has 1 aromatic rings. The quantitative estimate of drug-likeness (QED) is 0.398. The monoisotopic (exact) mass is 180 g/mol. The van der Waals surface area contributed by atoms with Crippen LogP contribution in [0.2, 0.25) is 0 Å². The summed E-state index contributed by atoms with van der Waals surface area (Å²) in [4.78, 5) is 21.4. The summed E-state index contributed by atoms with van der Waals surface area (Å²) in [6.07, 6.45) is 0.640. The number of nitrogens with zero attached hydrogens (tertiary/aromatic N) is 2. The van der Waals surface area contributed by atoms with Crippen molar-refractivity contribution in [1.82, 2.24) is 0 Å². The average Bonchev–Trinajstić information content (AvgIpc) is 2.17. The van der Waals surface area contributed by atoms with E-state index in [9.17, 15) is 14.9 Å². The Morgan fingerprint density at radius 3 is 2.31 bits per heavy atom. The van der Waals surface area contributed by atoms with Crippen LogP contribution in [0.25, 0.3) is 0 Å². The Kier molecular flexibility index (Phi) is 2.59. The van der Waals surface area contributed by atoms with Crippen LogP contribution in [-0.4, -0.2) is 18.4 Å². The molecule has 0 fully saturated rings. The third kappa shape index (κ3) is 2.02. The van der Waals surface area contributed by atoms with Gasteiger partial charge in [-0.2, -0.15) is 0 Å². The first-order valence-electron chi connectivity index (χ1n) is 3.57. The summed E-state index contributed by atoms with van der Waals surface area (Å²) in [5, 5.41) is 10.3. The van der Waals surface area contributed by atoms with E-state index < -0.39 is 4.92 Å². The smallest absolute Gasteiger partial charge is 0.269 e. The second-order valence-corrected chi connectivity index (χ2v) is 2.49. The van der Waals surface area contributed by atoms with E-state index in [4.69, 9.17) is 0 Å². The molecule has 0 aliphatic rings. The van der Waals surface area contributed by atoms with Crippen LogP contribution in [0, 0.1) is 10.1 Å². The van der Waals surface area contributed by atoms with E-state index in [2.05, 4.69) is 0 Å². The van der Waals surface area contributed by atoms with Crippen LogP contribution < -0.4 is 4.90 Å². The summed E-state index contributed by atoms with van der Waals surface area (Å²) in [5.74, 6) is 0. The molecule has 1 aromatic carbocycles. The molecule has 68 valence electrons. The number of nitro benzene ring substituents is 1. The topological polar surface area (TPSA) is 63.5 Å². The molecule has 5 nitrogen and oxygen atoms in total. The van der Waals surface area contributed by atoms with Gasteiger partial charge in [0.25, 0.3) is 5.69 Å². The first-order valence-corrected chi connectivity index (χ1v) is 3.57. The van der Waals surface area contributed by atoms with Crippen molar-refractivity contribution in [2.45, 2.75) is 0 Å². The van der Waals surface area contributed by atoms with Gasteiger partial charge < -0.3 is 4.90 Å². The van der Waals surface area contributed by atoms with Crippen molar-refractivity contribution in [3.05, 3.63) is 34.4 Å². The molecule has 5 heteroatoms. The van der Waals surface area contributed by atoms with Crippen molar-refractivity contribution >= 4 is 17.8 Å². The van der Waals surface area contributed by atoms with E-state index in [1.165, 1.54) is 29.2 Å². The largest absolute Gasteiger partial charge is 0.318 e. The van der Waals surface area contributed by atoms with Gasteiger partial charge in [-0.1, -0.05) is 0 Å². The molecule has 0 N–H and O–H groups in total. The number of rotatable bonds is 3. The minimum Gasteiger partial charge on any atom is -0.318 e. The van der Waals surface area contributed by atoms with E-state index in [-0.39, 0.29) is 5.69 Å². The van der Waals surface area contributed by atoms with Gasteiger partial charge in [-0.25, -0.2) is 0 Å². The van der Waals surface area contributed by atoms with Crippen LogP contribution in [0.1, 0.15) is 0 Å². The fraction of sp³-hybridized carbons (Fsp3) is 0.125. The molecule has 0 atom stereocenters. The molecule has 0 radical (unpaired) electrons. The number of benzene rings is 1. The van der Waals surface area contributed by atoms with Crippen molar-refractivity contribution in [3.63, 3.8) is 0 Å². The fourth-order valence-electron chi connectivity index (χ4n) is 0.870.